The summed E-state index contributed by atoms with van der Waals surface area (Å²) in [5, 5.41) is 9.27. The van der Waals surface area contributed by atoms with Crippen molar-refractivity contribution in [1.82, 2.24) is 0 Å². The molecule has 0 heterocycles. The Bertz CT molecular complexity index is 1020. The van der Waals surface area contributed by atoms with Crippen LogP contribution in [0.4, 0.5) is 0 Å². The van der Waals surface area contributed by atoms with E-state index in [4.69, 9.17) is 0 Å². The highest BCUT2D eigenvalue weighted by Crippen LogP contribution is 2.46. The van der Waals surface area contributed by atoms with E-state index in [1.165, 1.54) is 29.5 Å². The molecule has 31 heavy (non-hydrogen) atoms. The summed E-state index contributed by atoms with van der Waals surface area (Å²) >= 11 is 0. The number of aromatic carboxylic acids is 1. The summed E-state index contributed by atoms with van der Waals surface area (Å²) < 4.78 is 0. The lowest BCUT2D eigenvalue weighted by atomic mass is 9.62. The van der Waals surface area contributed by atoms with Crippen molar-refractivity contribution < 1.29 is 9.90 Å². The van der Waals surface area contributed by atoms with Crippen molar-refractivity contribution in [2.75, 3.05) is 0 Å². The monoisotopic (exact) mass is 416 g/mol. The molecule has 0 saturated carbocycles. The first-order chi connectivity index (χ1) is 14.5. The standard InChI is InChI=1S/C29H36O2/c1-7-8-9-22(12-10-21-11-14-24(27(30)31)20(2)18-21)23-13-15-25-26(19-23)29(5,6)17-16-28(25,3)4/h7-8,10-15,18-19,22H,9,16-17H2,1-6H3,(H,30,31). The van der Waals surface area contributed by atoms with Crippen LogP contribution in [0.5, 0.6) is 0 Å². The number of rotatable bonds is 6. The van der Waals surface area contributed by atoms with E-state index in [2.05, 4.69) is 77.1 Å². The van der Waals surface area contributed by atoms with Crippen LogP contribution < -0.4 is 0 Å². The molecule has 2 aromatic rings. The first-order valence-corrected chi connectivity index (χ1v) is 11.3. The van der Waals surface area contributed by atoms with E-state index in [1.807, 2.05) is 19.1 Å². The van der Waals surface area contributed by atoms with Crippen LogP contribution in [0.15, 0.2) is 54.6 Å². The molecule has 0 aliphatic heterocycles. The minimum Gasteiger partial charge on any atom is -0.478 e. The maximum atomic E-state index is 11.3. The third-order valence-electron chi connectivity index (χ3n) is 6.93. The van der Waals surface area contributed by atoms with Gasteiger partial charge in [0.05, 0.1) is 5.56 Å². The number of aryl methyl sites for hydroxylation is 1. The second-order valence-electron chi connectivity index (χ2n) is 10.2. The van der Waals surface area contributed by atoms with Crippen molar-refractivity contribution in [1.29, 1.82) is 0 Å². The van der Waals surface area contributed by atoms with Gasteiger partial charge in [0.15, 0.2) is 0 Å². The lowest BCUT2D eigenvalue weighted by Crippen LogP contribution is -2.33. The van der Waals surface area contributed by atoms with E-state index in [1.54, 1.807) is 6.07 Å². The highest BCUT2D eigenvalue weighted by Gasteiger charge is 2.37. The normalized spacial score (nSPS) is 18.3. The Morgan fingerprint density at radius 2 is 1.71 bits per heavy atom. The second kappa shape index (κ2) is 8.86. The molecule has 1 aliphatic rings. The lowest BCUT2D eigenvalue weighted by Gasteiger charge is -2.42. The quantitative estimate of drug-likeness (QED) is 0.488. The van der Waals surface area contributed by atoms with Gasteiger partial charge in [0.2, 0.25) is 0 Å². The highest BCUT2D eigenvalue weighted by atomic mass is 16.4. The van der Waals surface area contributed by atoms with Gasteiger partial charge in [0.25, 0.3) is 0 Å². The SMILES string of the molecule is CC=CCC(C=Cc1ccc(C(=O)O)c(C)c1)c1ccc2c(c1)C(C)(C)CCC2(C)C. The van der Waals surface area contributed by atoms with E-state index in [0.717, 1.165) is 17.5 Å². The number of fused-ring (bicyclic) bond motifs is 1. The van der Waals surface area contributed by atoms with Gasteiger partial charge in [0, 0.05) is 5.92 Å². The molecule has 0 aromatic heterocycles. The summed E-state index contributed by atoms with van der Waals surface area (Å²) in [6, 6.07) is 12.6. The molecule has 0 bridgehead atoms. The molecule has 0 saturated heterocycles. The van der Waals surface area contributed by atoms with Gasteiger partial charge in [-0.15, -0.1) is 0 Å². The molecular weight excluding hydrogens is 380 g/mol. The van der Waals surface area contributed by atoms with Crippen molar-refractivity contribution in [2.45, 2.75) is 77.6 Å². The number of carbonyl (C=O) groups is 1. The van der Waals surface area contributed by atoms with Crippen molar-refractivity contribution >= 4 is 12.0 Å². The van der Waals surface area contributed by atoms with Crippen LogP contribution in [0.25, 0.3) is 6.08 Å². The van der Waals surface area contributed by atoms with E-state index in [9.17, 15) is 9.90 Å². The zero-order valence-corrected chi connectivity index (χ0v) is 19.8. The summed E-state index contributed by atoms with van der Waals surface area (Å²) in [5.41, 5.74) is 6.92. The average molecular weight is 417 g/mol. The molecular formula is C29H36O2. The van der Waals surface area contributed by atoms with Crippen LogP contribution in [0.2, 0.25) is 0 Å². The minimum atomic E-state index is -0.876. The Labute approximate surface area is 187 Å². The molecule has 1 aliphatic carbocycles. The van der Waals surface area contributed by atoms with Gasteiger partial charge in [-0.25, -0.2) is 4.79 Å². The van der Waals surface area contributed by atoms with Crippen LogP contribution in [0, 0.1) is 6.92 Å². The minimum absolute atomic E-state index is 0.194. The fraction of sp³-hybridized carbons (Fsp3) is 0.414. The summed E-state index contributed by atoms with van der Waals surface area (Å²) in [7, 11) is 0. The first kappa shape index (κ1) is 23.1. The van der Waals surface area contributed by atoms with Crippen molar-refractivity contribution in [3.63, 3.8) is 0 Å². The Kier molecular flexibility index (Phi) is 6.59. The van der Waals surface area contributed by atoms with Crippen LogP contribution in [0.3, 0.4) is 0 Å². The first-order valence-electron chi connectivity index (χ1n) is 11.3. The molecule has 3 rings (SSSR count). The van der Waals surface area contributed by atoms with E-state index >= 15 is 0 Å². The summed E-state index contributed by atoms with van der Waals surface area (Å²) in [6.07, 6.45) is 12.1. The number of hydrogen-bond donors (Lipinski definition) is 1. The van der Waals surface area contributed by atoms with Crippen LogP contribution in [-0.2, 0) is 10.8 Å². The van der Waals surface area contributed by atoms with Crippen LogP contribution >= 0.6 is 0 Å². The maximum Gasteiger partial charge on any atom is 0.335 e. The molecule has 1 unspecified atom stereocenters. The lowest BCUT2D eigenvalue weighted by molar-refractivity contribution is 0.0696. The second-order valence-corrected chi connectivity index (χ2v) is 10.2. The molecule has 0 fully saturated rings. The Hall–Kier alpha value is -2.61. The molecule has 0 amide bonds. The van der Waals surface area contributed by atoms with E-state index in [-0.39, 0.29) is 16.7 Å². The molecule has 2 heteroatoms. The Balaban J connectivity index is 1.97. The zero-order chi connectivity index (χ0) is 22.8. The fourth-order valence-electron chi connectivity index (χ4n) is 4.70. The van der Waals surface area contributed by atoms with Crippen molar-refractivity contribution in [2.24, 2.45) is 0 Å². The van der Waals surface area contributed by atoms with E-state index in [0.29, 0.717) is 5.56 Å². The van der Waals surface area contributed by atoms with Gasteiger partial charge in [0.1, 0.15) is 0 Å². The predicted molar refractivity (Wildman–Crippen MR) is 131 cm³/mol. The number of carboxylic acid groups (broad SMARTS) is 1. The third kappa shape index (κ3) is 5.01. The van der Waals surface area contributed by atoms with Gasteiger partial charge >= 0.3 is 5.97 Å². The maximum absolute atomic E-state index is 11.3. The number of hydrogen-bond acceptors (Lipinski definition) is 1. The molecule has 164 valence electrons. The summed E-state index contributed by atoms with van der Waals surface area (Å²) in [5.74, 6) is -0.597. The van der Waals surface area contributed by atoms with Gasteiger partial charge < -0.3 is 5.11 Å². The Morgan fingerprint density at radius 3 is 2.32 bits per heavy atom. The van der Waals surface area contributed by atoms with Gasteiger partial charge in [-0.3, -0.25) is 0 Å². The van der Waals surface area contributed by atoms with Crippen molar-refractivity contribution in [3.8, 4) is 0 Å². The van der Waals surface area contributed by atoms with Crippen LogP contribution in [0.1, 0.15) is 98.0 Å². The smallest absolute Gasteiger partial charge is 0.335 e. The number of benzene rings is 2. The third-order valence-corrected chi connectivity index (χ3v) is 6.93. The van der Waals surface area contributed by atoms with Crippen molar-refractivity contribution in [3.05, 3.63) is 88.0 Å². The molecule has 2 nitrogen and oxygen atoms in total. The summed E-state index contributed by atoms with van der Waals surface area (Å²) in [4.78, 5) is 11.3. The topological polar surface area (TPSA) is 37.3 Å². The Morgan fingerprint density at radius 1 is 1.03 bits per heavy atom. The average Bonchev–Trinajstić information content (AvgIpc) is 2.71. The predicted octanol–water partition coefficient (Wildman–Crippen LogP) is 7.81. The molecule has 1 N–H and O–H groups in total. The zero-order valence-electron chi connectivity index (χ0n) is 19.8. The number of allylic oxidation sites excluding steroid dienone is 3. The van der Waals surface area contributed by atoms with Gasteiger partial charge in [-0.1, -0.05) is 82.3 Å². The van der Waals surface area contributed by atoms with Gasteiger partial charge in [-0.05, 0) is 77.8 Å². The van der Waals surface area contributed by atoms with Crippen LogP contribution in [-0.4, -0.2) is 11.1 Å². The van der Waals surface area contributed by atoms with E-state index < -0.39 is 5.97 Å². The largest absolute Gasteiger partial charge is 0.478 e. The number of carboxylic acids is 1. The molecule has 1 atom stereocenters. The summed E-state index contributed by atoms with van der Waals surface area (Å²) in [6.45, 7) is 13.4. The highest BCUT2D eigenvalue weighted by molar-refractivity contribution is 5.89. The molecule has 0 spiro atoms. The molecule has 2 aromatic carbocycles. The fourth-order valence-corrected chi connectivity index (χ4v) is 4.70. The van der Waals surface area contributed by atoms with Gasteiger partial charge in [-0.2, -0.15) is 0 Å². The molecule has 0 radical (unpaired) electrons.